The van der Waals surface area contributed by atoms with Crippen molar-refractivity contribution in [3.8, 4) is 0 Å². The summed E-state index contributed by atoms with van der Waals surface area (Å²) in [6.45, 7) is 1.09. The third kappa shape index (κ3) is 3.22. The van der Waals surface area contributed by atoms with Crippen molar-refractivity contribution in [1.82, 2.24) is 4.98 Å². The van der Waals surface area contributed by atoms with Gasteiger partial charge in [-0.05, 0) is 50.3 Å². The summed E-state index contributed by atoms with van der Waals surface area (Å²) >= 11 is 0. The van der Waals surface area contributed by atoms with E-state index in [2.05, 4.69) is 23.2 Å². The Labute approximate surface area is 110 Å². The predicted molar refractivity (Wildman–Crippen MR) is 76.8 cm³/mol. The molecule has 1 fully saturated rings. The standard InChI is InChI=1S/C14H20N2.CH5N/c1-3-11(4-1)6-8-13-9-7-12-5-2-10-15-14(12)16-13;1-2/h7,9,11H,1-6,8,10H2,(H,15,16);2H2,1H3. The molecule has 1 aliphatic heterocycles. The van der Waals surface area contributed by atoms with E-state index in [4.69, 9.17) is 4.98 Å². The minimum atomic E-state index is 0.991. The number of pyridine rings is 1. The smallest absolute Gasteiger partial charge is 0.129 e. The maximum atomic E-state index is 4.73. The van der Waals surface area contributed by atoms with E-state index >= 15 is 0 Å². The van der Waals surface area contributed by atoms with Gasteiger partial charge in [-0.25, -0.2) is 4.98 Å². The number of hydrogen-bond acceptors (Lipinski definition) is 3. The second-order valence-corrected chi connectivity index (χ2v) is 5.18. The molecule has 1 aliphatic carbocycles. The zero-order valence-corrected chi connectivity index (χ0v) is 11.4. The molecule has 100 valence electrons. The van der Waals surface area contributed by atoms with Crippen molar-refractivity contribution < 1.29 is 0 Å². The number of fused-ring (bicyclic) bond motifs is 1. The summed E-state index contributed by atoms with van der Waals surface area (Å²) < 4.78 is 0. The molecule has 3 nitrogen and oxygen atoms in total. The van der Waals surface area contributed by atoms with E-state index in [1.54, 1.807) is 0 Å². The normalized spacial score (nSPS) is 17.9. The molecule has 2 aliphatic rings. The van der Waals surface area contributed by atoms with Gasteiger partial charge in [-0.1, -0.05) is 25.3 Å². The molecule has 2 heterocycles. The molecule has 0 aromatic carbocycles. The van der Waals surface area contributed by atoms with E-state index in [1.807, 2.05) is 0 Å². The van der Waals surface area contributed by atoms with Gasteiger partial charge in [0, 0.05) is 12.2 Å². The maximum Gasteiger partial charge on any atom is 0.129 e. The summed E-state index contributed by atoms with van der Waals surface area (Å²) in [6, 6.07) is 4.50. The molecule has 0 unspecified atom stereocenters. The number of aryl methyl sites for hydroxylation is 2. The van der Waals surface area contributed by atoms with Crippen LogP contribution in [0.15, 0.2) is 12.1 Å². The molecular formula is C15H25N3. The van der Waals surface area contributed by atoms with Crippen LogP contribution in [-0.2, 0) is 12.8 Å². The molecule has 18 heavy (non-hydrogen) atoms. The monoisotopic (exact) mass is 247 g/mol. The highest BCUT2D eigenvalue weighted by atomic mass is 15.0. The third-order valence-corrected chi connectivity index (χ3v) is 3.99. The second kappa shape index (κ2) is 6.74. The minimum absolute atomic E-state index is 0.991. The summed E-state index contributed by atoms with van der Waals surface area (Å²) in [5, 5.41) is 3.41. The summed E-state index contributed by atoms with van der Waals surface area (Å²) in [6.07, 6.45) is 9.29. The number of rotatable bonds is 3. The Morgan fingerprint density at radius 2 is 2.11 bits per heavy atom. The summed E-state index contributed by atoms with van der Waals surface area (Å²) in [4.78, 5) is 4.73. The average Bonchev–Trinajstić information content (AvgIpc) is 2.39. The number of anilines is 1. The lowest BCUT2D eigenvalue weighted by atomic mass is 9.82. The number of hydrogen-bond donors (Lipinski definition) is 2. The van der Waals surface area contributed by atoms with E-state index in [1.165, 1.54) is 63.3 Å². The molecule has 1 aromatic heterocycles. The van der Waals surface area contributed by atoms with E-state index in [9.17, 15) is 0 Å². The SMILES string of the molecule is CN.c1cc2c(nc1CCC1CCC1)NCCC2. The van der Waals surface area contributed by atoms with Crippen LogP contribution in [-0.4, -0.2) is 18.6 Å². The first-order valence-corrected chi connectivity index (χ1v) is 7.22. The highest BCUT2D eigenvalue weighted by Gasteiger charge is 2.17. The minimum Gasteiger partial charge on any atom is -0.370 e. The lowest BCUT2D eigenvalue weighted by Crippen LogP contribution is -2.15. The van der Waals surface area contributed by atoms with Gasteiger partial charge in [-0.3, -0.25) is 0 Å². The van der Waals surface area contributed by atoms with Crippen molar-refractivity contribution >= 4 is 5.82 Å². The molecule has 3 heteroatoms. The van der Waals surface area contributed by atoms with Crippen LogP contribution < -0.4 is 11.1 Å². The summed E-state index contributed by atoms with van der Waals surface area (Å²) in [7, 11) is 1.50. The molecular weight excluding hydrogens is 222 g/mol. The Morgan fingerprint density at radius 3 is 2.83 bits per heavy atom. The molecule has 0 amide bonds. The van der Waals surface area contributed by atoms with Gasteiger partial charge in [0.05, 0.1) is 0 Å². The predicted octanol–water partition coefficient (Wildman–Crippen LogP) is 2.75. The van der Waals surface area contributed by atoms with Gasteiger partial charge in [-0.15, -0.1) is 0 Å². The quantitative estimate of drug-likeness (QED) is 0.863. The molecule has 0 bridgehead atoms. The molecule has 0 atom stereocenters. The fraction of sp³-hybridized carbons (Fsp3) is 0.667. The van der Waals surface area contributed by atoms with Crippen LogP contribution in [0, 0.1) is 5.92 Å². The Balaban J connectivity index is 0.000000574. The van der Waals surface area contributed by atoms with Gasteiger partial charge in [0.15, 0.2) is 0 Å². The third-order valence-electron chi connectivity index (χ3n) is 3.99. The van der Waals surface area contributed by atoms with Gasteiger partial charge in [-0.2, -0.15) is 0 Å². The van der Waals surface area contributed by atoms with Crippen LogP contribution >= 0.6 is 0 Å². The lowest BCUT2D eigenvalue weighted by Gasteiger charge is -2.25. The van der Waals surface area contributed by atoms with Gasteiger partial charge in [0.25, 0.3) is 0 Å². The topological polar surface area (TPSA) is 50.9 Å². The molecule has 0 spiro atoms. The van der Waals surface area contributed by atoms with Gasteiger partial charge >= 0.3 is 0 Å². The number of nitrogens with two attached hydrogens (primary N) is 1. The Morgan fingerprint density at radius 1 is 1.28 bits per heavy atom. The first kappa shape index (κ1) is 13.3. The largest absolute Gasteiger partial charge is 0.370 e. The highest BCUT2D eigenvalue weighted by Crippen LogP contribution is 2.30. The van der Waals surface area contributed by atoms with Crippen molar-refractivity contribution in [2.24, 2.45) is 11.7 Å². The van der Waals surface area contributed by atoms with Crippen LogP contribution in [0.25, 0.3) is 0 Å². The van der Waals surface area contributed by atoms with Crippen LogP contribution in [0.1, 0.15) is 43.4 Å². The first-order valence-electron chi connectivity index (χ1n) is 7.22. The van der Waals surface area contributed by atoms with Gasteiger partial charge in [0.2, 0.25) is 0 Å². The molecule has 0 saturated heterocycles. The lowest BCUT2D eigenvalue weighted by molar-refractivity contribution is 0.295. The van der Waals surface area contributed by atoms with E-state index in [0.29, 0.717) is 0 Å². The van der Waals surface area contributed by atoms with Crippen molar-refractivity contribution in [3.63, 3.8) is 0 Å². The Bertz CT molecular complexity index is 372. The van der Waals surface area contributed by atoms with Crippen LogP contribution in [0.5, 0.6) is 0 Å². The molecule has 3 N–H and O–H groups in total. The Hall–Kier alpha value is -1.09. The maximum absolute atomic E-state index is 4.73. The first-order chi connectivity index (χ1) is 8.92. The fourth-order valence-electron chi connectivity index (χ4n) is 2.64. The molecule has 0 radical (unpaired) electrons. The molecule has 3 rings (SSSR count). The molecule has 1 aromatic rings. The molecule has 1 saturated carbocycles. The number of nitrogens with one attached hydrogen (secondary N) is 1. The second-order valence-electron chi connectivity index (χ2n) is 5.18. The number of nitrogens with zero attached hydrogens (tertiary/aromatic N) is 1. The van der Waals surface area contributed by atoms with E-state index in [0.717, 1.165) is 18.3 Å². The van der Waals surface area contributed by atoms with Gasteiger partial charge in [0.1, 0.15) is 5.82 Å². The van der Waals surface area contributed by atoms with Crippen LogP contribution in [0.3, 0.4) is 0 Å². The van der Waals surface area contributed by atoms with E-state index in [-0.39, 0.29) is 0 Å². The zero-order chi connectivity index (χ0) is 12.8. The average molecular weight is 247 g/mol. The fourth-order valence-corrected chi connectivity index (χ4v) is 2.64. The van der Waals surface area contributed by atoms with Crippen LogP contribution in [0.2, 0.25) is 0 Å². The van der Waals surface area contributed by atoms with E-state index < -0.39 is 0 Å². The highest BCUT2D eigenvalue weighted by molar-refractivity contribution is 5.46. The van der Waals surface area contributed by atoms with Gasteiger partial charge < -0.3 is 11.1 Å². The van der Waals surface area contributed by atoms with Crippen molar-refractivity contribution in [3.05, 3.63) is 23.4 Å². The van der Waals surface area contributed by atoms with Crippen LogP contribution in [0.4, 0.5) is 5.82 Å². The van der Waals surface area contributed by atoms with Crippen molar-refractivity contribution in [1.29, 1.82) is 0 Å². The summed E-state index contributed by atoms with van der Waals surface area (Å²) in [5.74, 6) is 2.14. The zero-order valence-electron chi connectivity index (χ0n) is 11.4. The Kier molecular flexibility index (Phi) is 5.00. The van der Waals surface area contributed by atoms with Crippen molar-refractivity contribution in [2.45, 2.75) is 44.9 Å². The number of aromatic nitrogens is 1. The van der Waals surface area contributed by atoms with Crippen molar-refractivity contribution in [2.75, 3.05) is 18.9 Å². The summed E-state index contributed by atoms with van der Waals surface area (Å²) in [5.41, 5.74) is 7.18.